The van der Waals surface area contributed by atoms with Gasteiger partial charge in [0.05, 0.1) is 12.0 Å². The summed E-state index contributed by atoms with van der Waals surface area (Å²) in [6.07, 6.45) is 3.79. The van der Waals surface area contributed by atoms with Crippen LogP contribution in [0.5, 0.6) is 0 Å². The zero-order valence-corrected chi connectivity index (χ0v) is 10.6. The number of aromatic nitrogens is 2. The van der Waals surface area contributed by atoms with Crippen molar-refractivity contribution < 1.29 is 15.0 Å². The van der Waals surface area contributed by atoms with E-state index in [1.54, 1.807) is 6.20 Å². The Bertz CT molecular complexity index is 506. The van der Waals surface area contributed by atoms with Crippen molar-refractivity contribution >= 4 is 6.16 Å². The molecule has 18 heavy (non-hydrogen) atoms. The monoisotopic (exact) mass is 248 g/mol. The van der Waals surface area contributed by atoms with E-state index in [0.29, 0.717) is 0 Å². The summed E-state index contributed by atoms with van der Waals surface area (Å²) in [7, 11) is 0. The molecule has 1 aromatic carbocycles. The highest BCUT2D eigenvalue weighted by Crippen LogP contribution is 2.20. The Morgan fingerprint density at radius 3 is 2.06 bits per heavy atom. The van der Waals surface area contributed by atoms with Crippen LogP contribution in [0.25, 0.3) is 5.69 Å². The number of carboxylic acid groups (broad SMARTS) is 2. The van der Waals surface area contributed by atoms with Gasteiger partial charge in [-0.3, -0.25) is 0 Å². The largest absolute Gasteiger partial charge is 0.503 e. The van der Waals surface area contributed by atoms with Gasteiger partial charge in [-0.05, 0) is 31.9 Å². The Balaban J connectivity index is 0.000000357. The van der Waals surface area contributed by atoms with Gasteiger partial charge in [-0.25, -0.2) is 9.78 Å². The molecule has 0 bridgehead atoms. The van der Waals surface area contributed by atoms with Crippen LogP contribution in [0.1, 0.15) is 16.7 Å². The molecule has 0 amide bonds. The lowest BCUT2D eigenvalue weighted by molar-refractivity contribution is 0.137. The number of hydrogen-bond donors (Lipinski definition) is 2. The number of aryl methyl sites for hydroxylation is 3. The summed E-state index contributed by atoms with van der Waals surface area (Å²) in [6.45, 7) is 6.39. The van der Waals surface area contributed by atoms with Gasteiger partial charge in [0.15, 0.2) is 0 Å². The van der Waals surface area contributed by atoms with Crippen molar-refractivity contribution in [3.63, 3.8) is 0 Å². The summed E-state index contributed by atoms with van der Waals surface area (Å²) in [5.74, 6) is 0. The lowest BCUT2D eigenvalue weighted by Crippen LogP contribution is -1.98. The van der Waals surface area contributed by atoms with Gasteiger partial charge in [-0.15, -0.1) is 0 Å². The molecule has 96 valence electrons. The van der Waals surface area contributed by atoms with Crippen LogP contribution in [0.3, 0.4) is 0 Å². The average molecular weight is 248 g/mol. The first-order valence-electron chi connectivity index (χ1n) is 5.40. The van der Waals surface area contributed by atoms with E-state index in [4.69, 9.17) is 15.0 Å². The highest BCUT2D eigenvalue weighted by atomic mass is 16.6. The molecule has 0 fully saturated rings. The molecule has 0 saturated carbocycles. The fourth-order valence-corrected chi connectivity index (χ4v) is 1.97. The van der Waals surface area contributed by atoms with Gasteiger partial charge in [-0.2, -0.15) is 0 Å². The quantitative estimate of drug-likeness (QED) is 0.813. The Morgan fingerprint density at radius 2 is 1.67 bits per heavy atom. The maximum atomic E-state index is 8.56. The van der Waals surface area contributed by atoms with Crippen molar-refractivity contribution in [2.45, 2.75) is 20.8 Å². The smallest absolute Gasteiger partial charge is 0.450 e. The van der Waals surface area contributed by atoms with E-state index >= 15 is 0 Å². The first kappa shape index (κ1) is 13.8. The van der Waals surface area contributed by atoms with Crippen LogP contribution in [0.2, 0.25) is 0 Å². The maximum absolute atomic E-state index is 8.56. The van der Waals surface area contributed by atoms with E-state index in [1.807, 2.05) is 12.5 Å². The number of rotatable bonds is 1. The van der Waals surface area contributed by atoms with Gasteiger partial charge in [0.1, 0.15) is 0 Å². The van der Waals surface area contributed by atoms with E-state index in [1.165, 1.54) is 22.4 Å². The maximum Gasteiger partial charge on any atom is 0.503 e. The number of nitrogens with zero attached hydrogens (tertiary/aromatic N) is 2. The van der Waals surface area contributed by atoms with E-state index < -0.39 is 6.16 Å². The highest BCUT2D eigenvalue weighted by molar-refractivity contribution is 5.53. The van der Waals surface area contributed by atoms with Crippen molar-refractivity contribution in [1.29, 1.82) is 0 Å². The van der Waals surface area contributed by atoms with Crippen molar-refractivity contribution in [2.24, 2.45) is 0 Å². The highest BCUT2D eigenvalue weighted by Gasteiger charge is 2.04. The zero-order chi connectivity index (χ0) is 13.7. The number of benzene rings is 1. The van der Waals surface area contributed by atoms with Gasteiger partial charge in [0.25, 0.3) is 0 Å². The summed E-state index contributed by atoms with van der Waals surface area (Å²) in [5.41, 5.74) is 5.14. The minimum atomic E-state index is -1.83. The molecule has 0 aliphatic carbocycles. The molecule has 0 atom stereocenters. The molecular formula is C13H16N2O3. The topological polar surface area (TPSA) is 75.4 Å². The number of carbonyl (C=O) groups is 1. The predicted molar refractivity (Wildman–Crippen MR) is 68.4 cm³/mol. The summed E-state index contributed by atoms with van der Waals surface area (Å²) in [6, 6.07) is 4.39. The van der Waals surface area contributed by atoms with E-state index in [0.717, 1.165) is 0 Å². The molecule has 0 aliphatic heterocycles. The zero-order valence-electron chi connectivity index (χ0n) is 10.6. The van der Waals surface area contributed by atoms with Crippen LogP contribution in [0.4, 0.5) is 4.79 Å². The average Bonchev–Trinajstić information content (AvgIpc) is 2.68. The number of imidazole rings is 1. The van der Waals surface area contributed by atoms with Crippen molar-refractivity contribution in [3.8, 4) is 5.69 Å². The second kappa shape index (κ2) is 5.86. The lowest BCUT2D eigenvalue weighted by atomic mass is 10.1. The Kier molecular flexibility index (Phi) is 4.48. The Hall–Kier alpha value is -2.30. The van der Waals surface area contributed by atoms with Crippen molar-refractivity contribution in [1.82, 2.24) is 9.55 Å². The molecule has 0 radical (unpaired) electrons. The standard InChI is InChI=1S/C12H14N2.CH2O3/c1-9-6-10(2)12(11(3)7-9)14-5-4-13-8-14;2-1(3)4/h4-8H,1-3H3;(H2,2,3,4). The molecule has 1 heterocycles. The van der Waals surface area contributed by atoms with Gasteiger partial charge >= 0.3 is 6.16 Å². The molecule has 2 N–H and O–H groups in total. The van der Waals surface area contributed by atoms with Crippen LogP contribution >= 0.6 is 0 Å². The third-order valence-electron chi connectivity index (χ3n) is 2.40. The fraction of sp³-hybridized carbons (Fsp3) is 0.231. The Morgan fingerprint density at radius 1 is 1.17 bits per heavy atom. The molecule has 5 heteroatoms. The van der Waals surface area contributed by atoms with Crippen molar-refractivity contribution in [3.05, 3.63) is 47.5 Å². The lowest BCUT2D eigenvalue weighted by Gasteiger charge is -2.11. The molecule has 0 spiro atoms. The molecule has 0 aliphatic rings. The van der Waals surface area contributed by atoms with Crippen LogP contribution in [-0.4, -0.2) is 25.9 Å². The van der Waals surface area contributed by atoms with Crippen LogP contribution in [0, 0.1) is 20.8 Å². The van der Waals surface area contributed by atoms with Crippen LogP contribution in [0.15, 0.2) is 30.9 Å². The molecule has 0 saturated heterocycles. The van der Waals surface area contributed by atoms with Crippen molar-refractivity contribution in [2.75, 3.05) is 0 Å². The molecule has 1 aromatic heterocycles. The third-order valence-corrected chi connectivity index (χ3v) is 2.40. The summed E-state index contributed by atoms with van der Waals surface area (Å²) in [4.78, 5) is 12.6. The summed E-state index contributed by atoms with van der Waals surface area (Å²) < 4.78 is 2.06. The minimum absolute atomic E-state index is 1.24. The third kappa shape index (κ3) is 3.62. The summed E-state index contributed by atoms with van der Waals surface area (Å²) >= 11 is 0. The van der Waals surface area contributed by atoms with E-state index in [9.17, 15) is 0 Å². The molecule has 0 unspecified atom stereocenters. The van der Waals surface area contributed by atoms with Gasteiger partial charge in [0.2, 0.25) is 0 Å². The second-order valence-corrected chi connectivity index (χ2v) is 4.00. The van der Waals surface area contributed by atoms with Gasteiger partial charge in [-0.1, -0.05) is 17.7 Å². The fourth-order valence-electron chi connectivity index (χ4n) is 1.97. The SMILES string of the molecule is Cc1cc(C)c(-n2ccnc2)c(C)c1.O=C(O)O. The first-order chi connectivity index (χ1) is 8.41. The van der Waals surface area contributed by atoms with Crippen LogP contribution in [-0.2, 0) is 0 Å². The predicted octanol–water partition coefficient (Wildman–Crippen LogP) is 3.02. The van der Waals surface area contributed by atoms with Gasteiger partial charge < -0.3 is 14.8 Å². The second-order valence-electron chi connectivity index (χ2n) is 4.00. The summed E-state index contributed by atoms with van der Waals surface area (Å²) in [5, 5.41) is 13.9. The van der Waals surface area contributed by atoms with Crippen LogP contribution < -0.4 is 0 Å². The molecule has 5 nitrogen and oxygen atoms in total. The normalized spacial score (nSPS) is 9.50. The minimum Gasteiger partial charge on any atom is -0.450 e. The molecular weight excluding hydrogens is 232 g/mol. The van der Waals surface area contributed by atoms with E-state index in [-0.39, 0.29) is 0 Å². The Labute approximate surface area is 105 Å². The first-order valence-corrected chi connectivity index (χ1v) is 5.40. The van der Waals surface area contributed by atoms with E-state index in [2.05, 4.69) is 42.5 Å². The molecule has 2 aromatic rings. The number of hydrogen-bond acceptors (Lipinski definition) is 2. The molecule has 2 rings (SSSR count). The van der Waals surface area contributed by atoms with Gasteiger partial charge in [0, 0.05) is 12.4 Å².